The molecule has 1 atom stereocenters. The lowest BCUT2D eigenvalue weighted by Gasteiger charge is -2.57. The summed E-state index contributed by atoms with van der Waals surface area (Å²) in [6.07, 6.45) is 9.36. The molecule has 6 rings (SSSR count). The first kappa shape index (κ1) is 27.7. The van der Waals surface area contributed by atoms with E-state index >= 15 is 0 Å². The molecule has 8 heteroatoms. The second kappa shape index (κ2) is 11.0. The third kappa shape index (κ3) is 5.72. The SMILES string of the molecule is CC[C@H](C(=O)NC)N(Cc1ccccc1)C(=O)CN(c1ccc(C23CC4CC(CC(C4)C2)C3)cc1)S(C)(=O)=O. The first-order valence-electron chi connectivity index (χ1n) is 14.2. The van der Waals surface area contributed by atoms with E-state index in [1.165, 1.54) is 53.3 Å². The fraction of sp³-hybridized carbons (Fsp3) is 0.548. The second-order valence-electron chi connectivity index (χ2n) is 12.1. The van der Waals surface area contributed by atoms with Gasteiger partial charge in [-0.1, -0.05) is 49.4 Å². The average Bonchev–Trinajstić information content (AvgIpc) is 2.90. The topological polar surface area (TPSA) is 86.8 Å². The maximum Gasteiger partial charge on any atom is 0.244 e. The highest BCUT2D eigenvalue weighted by Gasteiger charge is 2.51. The van der Waals surface area contributed by atoms with Crippen molar-refractivity contribution >= 4 is 27.5 Å². The molecule has 1 N–H and O–H groups in total. The van der Waals surface area contributed by atoms with Gasteiger partial charge < -0.3 is 10.2 Å². The van der Waals surface area contributed by atoms with E-state index < -0.39 is 22.0 Å². The van der Waals surface area contributed by atoms with Crippen molar-refractivity contribution in [2.24, 2.45) is 17.8 Å². The molecule has 2 aromatic rings. The Morgan fingerprint density at radius 3 is 2.00 bits per heavy atom. The molecule has 0 radical (unpaired) electrons. The summed E-state index contributed by atoms with van der Waals surface area (Å²) in [6, 6.07) is 16.6. The van der Waals surface area contributed by atoms with Crippen molar-refractivity contribution < 1.29 is 18.0 Å². The molecular weight excluding hydrogens is 510 g/mol. The van der Waals surface area contributed by atoms with E-state index in [1.54, 1.807) is 7.05 Å². The van der Waals surface area contributed by atoms with E-state index in [1.807, 2.05) is 49.4 Å². The fourth-order valence-corrected chi connectivity index (χ4v) is 8.77. The van der Waals surface area contributed by atoms with E-state index in [2.05, 4.69) is 17.4 Å². The molecule has 2 aromatic carbocycles. The minimum absolute atomic E-state index is 0.216. The number of anilines is 1. The normalized spacial score (nSPS) is 26.2. The quantitative estimate of drug-likeness (QED) is 0.472. The summed E-state index contributed by atoms with van der Waals surface area (Å²) >= 11 is 0. The first-order valence-corrected chi connectivity index (χ1v) is 16.1. The molecule has 0 aliphatic heterocycles. The largest absolute Gasteiger partial charge is 0.357 e. The Labute approximate surface area is 233 Å². The van der Waals surface area contributed by atoms with Crippen molar-refractivity contribution in [3.05, 3.63) is 65.7 Å². The average molecular weight is 552 g/mol. The maximum atomic E-state index is 13.7. The van der Waals surface area contributed by atoms with Crippen LogP contribution in [-0.4, -0.2) is 51.0 Å². The number of sulfonamides is 1. The van der Waals surface area contributed by atoms with Crippen LogP contribution < -0.4 is 9.62 Å². The van der Waals surface area contributed by atoms with Crippen LogP contribution in [0.4, 0.5) is 5.69 Å². The molecule has 39 heavy (non-hydrogen) atoms. The van der Waals surface area contributed by atoms with Crippen LogP contribution in [0.5, 0.6) is 0 Å². The molecule has 4 aliphatic carbocycles. The summed E-state index contributed by atoms with van der Waals surface area (Å²) in [4.78, 5) is 27.9. The third-order valence-electron chi connectivity index (χ3n) is 9.31. The Morgan fingerprint density at radius 1 is 0.949 bits per heavy atom. The van der Waals surface area contributed by atoms with Crippen LogP contribution in [0.15, 0.2) is 54.6 Å². The summed E-state index contributed by atoms with van der Waals surface area (Å²) in [5, 5.41) is 2.65. The summed E-state index contributed by atoms with van der Waals surface area (Å²) < 4.78 is 27.1. The number of carbonyl (C=O) groups excluding carboxylic acids is 2. The van der Waals surface area contributed by atoms with Gasteiger partial charge in [-0.25, -0.2) is 8.42 Å². The lowest BCUT2D eigenvalue weighted by Crippen LogP contribution is -2.51. The molecule has 0 spiro atoms. The Bertz CT molecular complexity index is 1260. The first-order chi connectivity index (χ1) is 18.6. The van der Waals surface area contributed by atoms with Crippen LogP contribution in [0.3, 0.4) is 0 Å². The van der Waals surface area contributed by atoms with E-state index in [0.29, 0.717) is 12.1 Å². The van der Waals surface area contributed by atoms with E-state index in [0.717, 1.165) is 29.6 Å². The van der Waals surface area contributed by atoms with Crippen LogP contribution >= 0.6 is 0 Å². The predicted molar refractivity (Wildman–Crippen MR) is 154 cm³/mol. The van der Waals surface area contributed by atoms with Crippen molar-refractivity contribution in [1.29, 1.82) is 0 Å². The van der Waals surface area contributed by atoms with Gasteiger partial charge >= 0.3 is 0 Å². The molecule has 4 bridgehead atoms. The van der Waals surface area contributed by atoms with Gasteiger partial charge in [-0.3, -0.25) is 13.9 Å². The molecule has 4 aliphatic rings. The highest BCUT2D eigenvalue weighted by molar-refractivity contribution is 7.92. The highest BCUT2D eigenvalue weighted by Crippen LogP contribution is 2.60. The number of rotatable bonds is 10. The predicted octanol–water partition coefficient (Wildman–Crippen LogP) is 4.47. The molecule has 0 unspecified atom stereocenters. The van der Waals surface area contributed by atoms with Gasteiger partial charge in [0.15, 0.2) is 0 Å². The van der Waals surface area contributed by atoms with Crippen LogP contribution in [0, 0.1) is 17.8 Å². The van der Waals surface area contributed by atoms with Gasteiger partial charge in [-0.2, -0.15) is 0 Å². The molecule has 0 aromatic heterocycles. The van der Waals surface area contributed by atoms with Crippen molar-refractivity contribution in [2.45, 2.75) is 69.9 Å². The van der Waals surface area contributed by atoms with Crippen LogP contribution in [0.2, 0.25) is 0 Å². The number of carbonyl (C=O) groups is 2. The molecule has 4 fully saturated rings. The summed E-state index contributed by atoms with van der Waals surface area (Å²) in [5.74, 6) is 1.79. The molecule has 7 nitrogen and oxygen atoms in total. The van der Waals surface area contributed by atoms with Gasteiger partial charge in [0.2, 0.25) is 21.8 Å². The lowest BCUT2D eigenvalue weighted by molar-refractivity contribution is -0.140. The van der Waals surface area contributed by atoms with Crippen LogP contribution in [0.25, 0.3) is 0 Å². The third-order valence-corrected chi connectivity index (χ3v) is 10.5. The number of hydrogen-bond donors (Lipinski definition) is 1. The zero-order valence-electron chi connectivity index (χ0n) is 23.3. The van der Waals surface area contributed by atoms with Gasteiger partial charge in [-0.15, -0.1) is 0 Å². The van der Waals surface area contributed by atoms with Gasteiger partial charge in [-0.05, 0) is 91.4 Å². The molecule has 210 valence electrons. The standard InChI is InChI=1S/C31H41N3O4S/c1-4-28(30(36)32-2)33(20-22-8-6-5-7-9-22)29(35)21-34(39(3,37)38)27-12-10-26(11-13-27)31-17-23-14-24(18-31)16-25(15-23)19-31/h5-13,23-25,28H,4,14-21H2,1-3H3,(H,32,36)/t23?,24?,25?,28-,31?/m1/s1. The number of amides is 2. The van der Waals surface area contributed by atoms with E-state index in [4.69, 9.17) is 0 Å². The number of likely N-dealkylation sites (N-methyl/N-ethyl adjacent to an activating group) is 1. The van der Waals surface area contributed by atoms with E-state index in [9.17, 15) is 18.0 Å². The van der Waals surface area contributed by atoms with Crippen LogP contribution in [0.1, 0.15) is 63.0 Å². The summed E-state index contributed by atoms with van der Waals surface area (Å²) in [6.45, 7) is 1.70. The fourth-order valence-electron chi connectivity index (χ4n) is 7.93. The van der Waals surface area contributed by atoms with Gasteiger partial charge in [0, 0.05) is 13.6 Å². The Morgan fingerprint density at radius 2 is 1.51 bits per heavy atom. The molecule has 4 saturated carbocycles. The smallest absolute Gasteiger partial charge is 0.244 e. The molecular formula is C31H41N3O4S. The van der Waals surface area contributed by atoms with Crippen LogP contribution in [-0.2, 0) is 31.6 Å². The Hall–Kier alpha value is -2.87. The Kier molecular flexibility index (Phi) is 7.77. The zero-order chi connectivity index (χ0) is 27.8. The highest BCUT2D eigenvalue weighted by atomic mass is 32.2. The van der Waals surface area contributed by atoms with Gasteiger partial charge in [0.1, 0.15) is 12.6 Å². The lowest BCUT2D eigenvalue weighted by atomic mass is 9.48. The van der Waals surface area contributed by atoms with Crippen molar-refractivity contribution in [3.63, 3.8) is 0 Å². The summed E-state index contributed by atoms with van der Waals surface area (Å²) in [5.41, 5.74) is 2.88. The van der Waals surface area contributed by atoms with Gasteiger partial charge in [0.05, 0.1) is 11.9 Å². The zero-order valence-corrected chi connectivity index (χ0v) is 24.1. The monoisotopic (exact) mass is 551 g/mol. The minimum atomic E-state index is -3.75. The van der Waals surface area contributed by atoms with Gasteiger partial charge in [0.25, 0.3) is 0 Å². The number of benzene rings is 2. The molecule has 0 heterocycles. The maximum absolute atomic E-state index is 13.7. The summed E-state index contributed by atoms with van der Waals surface area (Å²) in [7, 11) is -2.20. The van der Waals surface area contributed by atoms with Crippen molar-refractivity contribution in [3.8, 4) is 0 Å². The number of nitrogens with zero attached hydrogens (tertiary/aromatic N) is 2. The second-order valence-corrected chi connectivity index (χ2v) is 14.0. The number of nitrogens with one attached hydrogen (secondary N) is 1. The number of hydrogen-bond acceptors (Lipinski definition) is 4. The van der Waals surface area contributed by atoms with Crippen molar-refractivity contribution in [1.82, 2.24) is 10.2 Å². The molecule has 0 saturated heterocycles. The Balaban J connectivity index is 1.40. The van der Waals surface area contributed by atoms with E-state index in [-0.39, 0.29) is 24.4 Å². The molecule has 2 amide bonds. The minimum Gasteiger partial charge on any atom is -0.357 e. The van der Waals surface area contributed by atoms with Crippen molar-refractivity contribution in [2.75, 3.05) is 24.2 Å².